The molecule has 6 heteroatoms. The van der Waals surface area contributed by atoms with Crippen LogP contribution in [0.4, 0.5) is 0 Å². The molecule has 0 amide bonds. The van der Waals surface area contributed by atoms with E-state index >= 15 is 0 Å². The molecule has 0 saturated heterocycles. The third-order valence-corrected chi connectivity index (χ3v) is 0.539. The second-order valence-electron chi connectivity index (χ2n) is 4.34. The summed E-state index contributed by atoms with van der Waals surface area (Å²) in [5.41, 5.74) is 0. The van der Waals surface area contributed by atoms with E-state index in [2.05, 4.69) is 4.74 Å². The van der Waals surface area contributed by atoms with E-state index in [1.165, 1.54) is 6.08 Å². The van der Waals surface area contributed by atoms with E-state index in [4.69, 9.17) is 20.4 Å². The number of hydrogen-bond donors (Lipinski definition) is 4. The normalized spacial score (nSPS) is 9.40. The van der Waals surface area contributed by atoms with Crippen molar-refractivity contribution in [3.63, 3.8) is 0 Å². The van der Waals surface area contributed by atoms with Crippen molar-refractivity contribution >= 4 is 0 Å². The largest absolute Gasteiger partial charge is 0.481 e. The van der Waals surface area contributed by atoms with E-state index in [-0.39, 0.29) is 46.0 Å². The first-order valence-electron chi connectivity index (χ1n) is 6.53. The van der Waals surface area contributed by atoms with Crippen molar-refractivity contribution < 1.29 is 46.9 Å². The summed E-state index contributed by atoms with van der Waals surface area (Å²) in [5, 5.41) is 32.7. The molecule has 0 spiro atoms. The Labute approximate surface area is 139 Å². The molecule has 0 aliphatic carbocycles. The predicted octanol–water partition coefficient (Wildman–Crippen LogP) is 2.60. The second kappa shape index (κ2) is 27.3. The number of allylic oxidation sites excluding steroid dienone is 1. The number of rotatable bonds is 2. The zero-order valence-electron chi connectivity index (χ0n) is 14.2. The summed E-state index contributed by atoms with van der Waals surface area (Å²) in [6.45, 7) is 14.4. The fraction of sp³-hybridized carbons (Fsp3) is 0.857. The Morgan fingerprint density at radius 3 is 1.15 bits per heavy atom. The van der Waals surface area contributed by atoms with Gasteiger partial charge in [-0.1, -0.05) is 0 Å². The fourth-order valence-electron chi connectivity index (χ4n) is 0.231. The van der Waals surface area contributed by atoms with E-state index in [9.17, 15) is 0 Å². The molecule has 0 aromatic carbocycles. The molecule has 0 rings (SSSR count). The maximum Gasteiger partial charge on any atom is 0.272 e. The van der Waals surface area contributed by atoms with Gasteiger partial charge in [0.1, 0.15) is 0 Å². The first-order chi connectivity index (χ1) is 8.50. The number of aliphatic hydroxyl groups is 4. The van der Waals surface area contributed by atoms with Crippen LogP contribution in [0.3, 0.4) is 0 Å². The maximum atomic E-state index is 8.50. The van der Waals surface area contributed by atoms with Gasteiger partial charge in [-0.05, 0) is 61.5 Å². The third kappa shape index (κ3) is 211. The van der Waals surface area contributed by atoms with Gasteiger partial charge in [0, 0.05) is 40.0 Å². The Balaban J connectivity index is -0.0000000512. The predicted molar refractivity (Wildman–Crippen MR) is 80.1 cm³/mol. The van der Waals surface area contributed by atoms with E-state index in [0.717, 1.165) is 0 Å². The molecular weight excluding hydrogens is 296 g/mol. The molecule has 20 heavy (non-hydrogen) atoms. The molecule has 5 nitrogen and oxygen atoms in total. The zero-order chi connectivity index (χ0) is 16.4. The van der Waals surface area contributed by atoms with Crippen molar-refractivity contribution in [2.75, 3.05) is 6.61 Å². The van der Waals surface area contributed by atoms with Crippen LogP contribution in [0.1, 0.15) is 55.4 Å². The average Bonchev–Trinajstić information content (AvgIpc) is 2.15. The van der Waals surface area contributed by atoms with E-state index in [1.54, 1.807) is 48.5 Å². The molecule has 0 radical (unpaired) electrons. The molecular formula is C14H34O5Ti. The van der Waals surface area contributed by atoms with Crippen LogP contribution >= 0.6 is 0 Å². The second-order valence-corrected chi connectivity index (χ2v) is 4.34. The van der Waals surface area contributed by atoms with Crippen molar-refractivity contribution in [1.29, 1.82) is 0 Å². The molecule has 0 bridgehead atoms. The Kier molecular flexibility index (Phi) is 43.7. The molecule has 0 fully saturated rings. The van der Waals surface area contributed by atoms with Crippen LogP contribution in [0.15, 0.2) is 12.0 Å². The summed E-state index contributed by atoms with van der Waals surface area (Å²) in [7, 11) is 0. The van der Waals surface area contributed by atoms with Gasteiger partial charge in [-0.15, -0.1) is 0 Å². The summed E-state index contributed by atoms with van der Waals surface area (Å²) < 4.78 is 4.61. The molecule has 0 unspecified atom stereocenters. The van der Waals surface area contributed by atoms with Crippen molar-refractivity contribution in [3.05, 3.63) is 12.0 Å². The van der Waals surface area contributed by atoms with Crippen LogP contribution in [-0.2, 0) is 26.5 Å². The SMILES string of the molecule is C/C=C(\O)OCC.CC(C)O.CC(C)O.CC(C)O.[Ti]. The quantitative estimate of drug-likeness (QED) is 0.462. The average molecular weight is 330 g/mol. The number of hydrogen-bond acceptors (Lipinski definition) is 5. The molecule has 0 atom stereocenters. The first-order valence-corrected chi connectivity index (χ1v) is 6.53. The van der Waals surface area contributed by atoms with E-state index in [1.807, 2.05) is 6.92 Å². The molecule has 0 saturated carbocycles. The van der Waals surface area contributed by atoms with E-state index in [0.29, 0.717) is 6.61 Å². The Morgan fingerprint density at radius 2 is 1.10 bits per heavy atom. The van der Waals surface area contributed by atoms with Gasteiger partial charge in [0.25, 0.3) is 5.95 Å². The summed E-state index contributed by atoms with van der Waals surface area (Å²) in [6, 6.07) is 0. The molecule has 0 aliphatic rings. The molecule has 0 aromatic rings. The maximum absolute atomic E-state index is 8.50. The molecule has 0 aliphatic heterocycles. The van der Waals surface area contributed by atoms with Gasteiger partial charge in [0.05, 0.1) is 6.61 Å². The number of ether oxygens (including phenoxy) is 1. The monoisotopic (exact) mass is 330 g/mol. The minimum Gasteiger partial charge on any atom is -0.481 e. The standard InChI is InChI=1S/C5H10O2.3C3H8O.Ti/c1-3-5(6)7-4-2;3*1-3(2)4;/h3,6H,4H2,1-2H3;3*3-4H,1-2H3;/b5-3+;;;;. The van der Waals surface area contributed by atoms with Gasteiger partial charge in [0.15, 0.2) is 0 Å². The van der Waals surface area contributed by atoms with Crippen molar-refractivity contribution in [2.45, 2.75) is 73.7 Å². The Hall–Kier alpha value is -0.0657. The molecule has 0 aromatic heterocycles. The van der Waals surface area contributed by atoms with Crippen molar-refractivity contribution in [3.8, 4) is 0 Å². The fourth-order valence-corrected chi connectivity index (χ4v) is 0.231. The van der Waals surface area contributed by atoms with Crippen LogP contribution < -0.4 is 0 Å². The van der Waals surface area contributed by atoms with Crippen LogP contribution in [0.2, 0.25) is 0 Å². The van der Waals surface area contributed by atoms with Gasteiger partial charge in [-0.25, -0.2) is 0 Å². The van der Waals surface area contributed by atoms with Crippen molar-refractivity contribution in [2.24, 2.45) is 0 Å². The van der Waals surface area contributed by atoms with Crippen LogP contribution in [0.5, 0.6) is 0 Å². The summed E-state index contributed by atoms with van der Waals surface area (Å²) in [5.74, 6) is 0.00231. The van der Waals surface area contributed by atoms with Crippen LogP contribution in [0, 0.1) is 0 Å². The molecule has 0 heterocycles. The van der Waals surface area contributed by atoms with Gasteiger partial charge in [-0.2, -0.15) is 0 Å². The smallest absolute Gasteiger partial charge is 0.272 e. The topological polar surface area (TPSA) is 90.2 Å². The Bertz CT molecular complexity index is 148. The molecule has 4 N–H and O–H groups in total. The third-order valence-electron chi connectivity index (χ3n) is 0.539. The number of aliphatic hydroxyl groups excluding tert-OH is 4. The minimum atomic E-state index is -0.167. The van der Waals surface area contributed by atoms with Crippen molar-refractivity contribution in [1.82, 2.24) is 0 Å². The summed E-state index contributed by atoms with van der Waals surface area (Å²) in [4.78, 5) is 0. The van der Waals surface area contributed by atoms with Gasteiger partial charge in [-0.3, -0.25) is 0 Å². The van der Waals surface area contributed by atoms with Gasteiger partial charge < -0.3 is 25.2 Å². The molecule has 124 valence electrons. The summed E-state index contributed by atoms with van der Waals surface area (Å²) >= 11 is 0. The summed E-state index contributed by atoms with van der Waals surface area (Å²) in [6.07, 6.45) is 1.00. The van der Waals surface area contributed by atoms with Gasteiger partial charge in [0.2, 0.25) is 0 Å². The Morgan fingerprint density at radius 1 is 0.900 bits per heavy atom. The minimum absolute atomic E-state index is 0. The van der Waals surface area contributed by atoms with Crippen LogP contribution in [-0.4, -0.2) is 45.3 Å². The van der Waals surface area contributed by atoms with Crippen LogP contribution in [0.25, 0.3) is 0 Å². The van der Waals surface area contributed by atoms with E-state index < -0.39 is 0 Å². The first kappa shape index (κ1) is 32.0. The van der Waals surface area contributed by atoms with Gasteiger partial charge >= 0.3 is 0 Å². The zero-order valence-corrected chi connectivity index (χ0v) is 15.8.